The number of carbonyl (C=O) groups excluding carboxylic acids is 3. The number of rotatable bonds is 4. The van der Waals surface area contributed by atoms with E-state index in [4.69, 9.17) is 0 Å². The molecule has 146 valence electrons. The standard InChI is InChI=1S/C21H23N3O3S/c1-22(2)19(25)14-8-10-23(11-9-14)17-7-3-6-16-18(17)21(27)24(20(16)26)13-15-5-4-12-28-15/h3-7,12,14H,8-11,13H2,1-2H3. The Morgan fingerprint density at radius 1 is 1.11 bits per heavy atom. The van der Waals surface area contributed by atoms with Crippen molar-refractivity contribution in [2.45, 2.75) is 19.4 Å². The Balaban J connectivity index is 1.56. The number of hydrogen-bond acceptors (Lipinski definition) is 5. The van der Waals surface area contributed by atoms with Crippen molar-refractivity contribution in [2.75, 3.05) is 32.1 Å². The van der Waals surface area contributed by atoms with E-state index in [9.17, 15) is 14.4 Å². The maximum Gasteiger partial charge on any atom is 0.264 e. The van der Waals surface area contributed by atoms with Gasteiger partial charge in [0.1, 0.15) is 0 Å². The van der Waals surface area contributed by atoms with Gasteiger partial charge in [-0.2, -0.15) is 0 Å². The minimum Gasteiger partial charge on any atom is -0.371 e. The lowest BCUT2D eigenvalue weighted by molar-refractivity contribution is -0.133. The zero-order valence-corrected chi connectivity index (χ0v) is 16.9. The molecule has 6 nitrogen and oxygen atoms in total. The van der Waals surface area contributed by atoms with Gasteiger partial charge in [-0.05, 0) is 36.4 Å². The van der Waals surface area contributed by atoms with Gasteiger partial charge in [0.05, 0.1) is 23.4 Å². The molecule has 2 aliphatic heterocycles. The molecule has 1 fully saturated rings. The molecular formula is C21H23N3O3S. The molecule has 1 aromatic heterocycles. The van der Waals surface area contributed by atoms with Crippen LogP contribution in [0.15, 0.2) is 35.7 Å². The highest BCUT2D eigenvalue weighted by atomic mass is 32.1. The normalized spacial score (nSPS) is 17.2. The molecule has 2 aromatic rings. The van der Waals surface area contributed by atoms with Crippen LogP contribution >= 0.6 is 11.3 Å². The molecular weight excluding hydrogens is 374 g/mol. The van der Waals surface area contributed by atoms with Gasteiger partial charge in [-0.25, -0.2) is 0 Å². The number of anilines is 1. The molecule has 4 rings (SSSR count). The third-order valence-corrected chi connectivity index (χ3v) is 6.36. The van der Waals surface area contributed by atoms with Crippen LogP contribution in [-0.4, -0.2) is 54.7 Å². The number of hydrogen-bond donors (Lipinski definition) is 0. The molecule has 0 atom stereocenters. The summed E-state index contributed by atoms with van der Waals surface area (Å²) < 4.78 is 0. The Morgan fingerprint density at radius 2 is 1.86 bits per heavy atom. The molecule has 0 unspecified atom stereocenters. The van der Waals surface area contributed by atoms with Crippen molar-refractivity contribution < 1.29 is 14.4 Å². The number of imide groups is 1. The third kappa shape index (κ3) is 3.20. The average Bonchev–Trinajstić information content (AvgIpc) is 3.30. The zero-order chi connectivity index (χ0) is 19.8. The summed E-state index contributed by atoms with van der Waals surface area (Å²) in [6.45, 7) is 1.71. The molecule has 7 heteroatoms. The maximum absolute atomic E-state index is 13.1. The monoisotopic (exact) mass is 397 g/mol. The van der Waals surface area contributed by atoms with Crippen LogP contribution < -0.4 is 4.90 Å². The molecule has 3 amide bonds. The molecule has 0 N–H and O–H groups in total. The lowest BCUT2D eigenvalue weighted by Gasteiger charge is -2.34. The Labute approximate surface area is 168 Å². The number of benzene rings is 1. The third-order valence-electron chi connectivity index (χ3n) is 5.50. The van der Waals surface area contributed by atoms with Crippen LogP contribution in [0.1, 0.15) is 38.4 Å². The first-order valence-corrected chi connectivity index (χ1v) is 10.3. The van der Waals surface area contributed by atoms with Crippen LogP contribution in [0.4, 0.5) is 5.69 Å². The van der Waals surface area contributed by atoms with E-state index in [0.29, 0.717) is 30.8 Å². The maximum atomic E-state index is 13.1. The van der Waals surface area contributed by atoms with Crippen molar-refractivity contribution in [2.24, 2.45) is 5.92 Å². The van der Waals surface area contributed by atoms with Gasteiger partial charge in [-0.15, -0.1) is 11.3 Å². The van der Waals surface area contributed by atoms with Gasteiger partial charge in [-0.3, -0.25) is 19.3 Å². The first-order chi connectivity index (χ1) is 13.5. The van der Waals surface area contributed by atoms with Gasteiger partial charge in [0.2, 0.25) is 5.91 Å². The minimum atomic E-state index is -0.229. The molecule has 0 spiro atoms. The second-order valence-electron chi connectivity index (χ2n) is 7.47. The second kappa shape index (κ2) is 7.39. The molecule has 1 saturated heterocycles. The summed E-state index contributed by atoms with van der Waals surface area (Å²) in [5.74, 6) is -0.273. The Kier molecular flexibility index (Phi) is 4.93. The van der Waals surface area contributed by atoms with Crippen LogP contribution in [0.2, 0.25) is 0 Å². The van der Waals surface area contributed by atoms with E-state index in [1.165, 1.54) is 16.2 Å². The fourth-order valence-corrected chi connectivity index (χ4v) is 4.71. The number of piperidine rings is 1. The van der Waals surface area contributed by atoms with Crippen molar-refractivity contribution in [3.05, 3.63) is 51.7 Å². The summed E-state index contributed by atoms with van der Waals surface area (Å²) in [7, 11) is 3.57. The Morgan fingerprint density at radius 3 is 2.50 bits per heavy atom. The van der Waals surface area contributed by atoms with Crippen molar-refractivity contribution >= 4 is 34.7 Å². The van der Waals surface area contributed by atoms with Gasteiger partial charge < -0.3 is 9.80 Å². The van der Waals surface area contributed by atoms with Crippen molar-refractivity contribution in [3.8, 4) is 0 Å². The van der Waals surface area contributed by atoms with Crippen molar-refractivity contribution in [3.63, 3.8) is 0 Å². The molecule has 2 aliphatic rings. The van der Waals surface area contributed by atoms with Gasteiger partial charge in [0.15, 0.2) is 0 Å². The lowest BCUT2D eigenvalue weighted by Crippen LogP contribution is -2.40. The number of fused-ring (bicyclic) bond motifs is 1. The fourth-order valence-electron chi connectivity index (χ4n) is 4.01. The average molecular weight is 398 g/mol. The van der Waals surface area contributed by atoms with Crippen LogP contribution in [0, 0.1) is 5.92 Å². The molecule has 1 aromatic carbocycles. The van der Waals surface area contributed by atoms with Crippen LogP contribution in [0.3, 0.4) is 0 Å². The van der Waals surface area contributed by atoms with Crippen LogP contribution in [0.25, 0.3) is 0 Å². The zero-order valence-electron chi connectivity index (χ0n) is 16.1. The predicted octanol–water partition coefficient (Wildman–Crippen LogP) is 2.85. The number of amides is 3. The van der Waals surface area contributed by atoms with Gasteiger partial charge in [-0.1, -0.05) is 12.1 Å². The summed E-state index contributed by atoms with van der Waals surface area (Å²) in [6, 6.07) is 9.33. The SMILES string of the molecule is CN(C)C(=O)C1CCN(c2cccc3c2C(=O)N(Cc2cccs2)C3=O)CC1. The first kappa shape index (κ1) is 18.7. The number of carbonyl (C=O) groups is 3. The summed E-state index contributed by atoms with van der Waals surface area (Å²) in [5.41, 5.74) is 1.78. The summed E-state index contributed by atoms with van der Waals surface area (Å²) in [5, 5.41) is 1.94. The lowest BCUT2D eigenvalue weighted by atomic mass is 9.94. The van der Waals surface area contributed by atoms with Crippen molar-refractivity contribution in [1.29, 1.82) is 0 Å². The molecule has 0 saturated carbocycles. The van der Waals surface area contributed by atoms with Gasteiger partial charge in [0.25, 0.3) is 11.8 Å². The fraction of sp³-hybridized carbons (Fsp3) is 0.381. The van der Waals surface area contributed by atoms with Gasteiger partial charge in [0, 0.05) is 38.0 Å². The Hall–Kier alpha value is -2.67. The van der Waals surface area contributed by atoms with E-state index in [1.807, 2.05) is 29.6 Å². The highest BCUT2D eigenvalue weighted by molar-refractivity contribution is 7.09. The summed E-state index contributed by atoms with van der Waals surface area (Å²) in [6.07, 6.45) is 1.50. The van der Waals surface area contributed by atoms with Crippen LogP contribution in [0.5, 0.6) is 0 Å². The van der Waals surface area contributed by atoms with E-state index in [-0.39, 0.29) is 23.6 Å². The second-order valence-corrected chi connectivity index (χ2v) is 8.50. The molecule has 0 bridgehead atoms. The molecule has 28 heavy (non-hydrogen) atoms. The number of thiophene rings is 1. The van der Waals surface area contributed by atoms with Crippen LogP contribution in [-0.2, 0) is 11.3 Å². The van der Waals surface area contributed by atoms with Crippen molar-refractivity contribution in [1.82, 2.24) is 9.80 Å². The smallest absolute Gasteiger partial charge is 0.264 e. The van der Waals surface area contributed by atoms with E-state index in [2.05, 4.69) is 4.90 Å². The highest BCUT2D eigenvalue weighted by Crippen LogP contribution is 2.35. The van der Waals surface area contributed by atoms with Gasteiger partial charge >= 0.3 is 0 Å². The van der Waals surface area contributed by atoms with E-state index in [0.717, 1.165) is 23.4 Å². The molecule has 0 radical (unpaired) electrons. The summed E-state index contributed by atoms with van der Waals surface area (Å²) in [4.78, 5) is 44.2. The molecule has 0 aliphatic carbocycles. The first-order valence-electron chi connectivity index (χ1n) is 9.45. The topological polar surface area (TPSA) is 60.9 Å². The highest BCUT2D eigenvalue weighted by Gasteiger charge is 2.39. The Bertz CT molecular complexity index is 915. The minimum absolute atomic E-state index is 0.0238. The quantitative estimate of drug-likeness (QED) is 0.745. The van der Waals surface area contributed by atoms with E-state index < -0.39 is 0 Å². The van der Waals surface area contributed by atoms with E-state index >= 15 is 0 Å². The summed E-state index contributed by atoms with van der Waals surface area (Å²) >= 11 is 1.54. The molecule has 3 heterocycles. The largest absolute Gasteiger partial charge is 0.371 e. The van der Waals surface area contributed by atoms with E-state index in [1.54, 1.807) is 25.1 Å². The number of nitrogens with zero attached hydrogens (tertiary/aromatic N) is 3. The predicted molar refractivity (Wildman–Crippen MR) is 109 cm³/mol.